The van der Waals surface area contributed by atoms with Gasteiger partial charge in [-0.15, -0.1) is 11.3 Å². The third-order valence-corrected chi connectivity index (χ3v) is 10.6. The Bertz CT molecular complexity index is 2810. The number of benzene rings is 8. The van der Waals surface area contributed by atoms with E-state index in [1.165, 1.54) is 52.8 Å². The Morgan fingerprint density at radius 1 is 0.426 bits per heavy atom. The first-order valence-corrected chi connectivity index (χ1v) is 16.7. The number of furan rings is 1. The average Bonchev–Trinajstić information content (AvgIpc) is 3.70. The van der Waals surface area contributed by atoms with Crippen LogP contribution in [0.3, 0.4) is 0 Å². The smallest absolute Gasteiger partial charge is 0.135 e. The molecule has 0 unspecified atom stereocenters. The lowest BCUT2D eigenvalue weighted by molar-refractivity contribution is 0.669. The summed E-state index contributed by atoms with van der Waals surface area (Å²) >= 11 is 1.87. The summed E-state index contributed by atoms with van der Waals surface area (Å²) in [5.74, 6) is 0. The van der Waals surface area contributed by atoms with Crippen LogP contribution in [0.15, 0.2) is 168 Å². The summed E-state index contributed by atoms with van der Waals surface area (Å²) in [6.45, 7) is 0. The van der Waals surface area contributed by atoms with Crippen LogP contribution in [0.4, 0.5) is 17.1 Å². The predicted octanol–water partition coefficient (Wildman–Crippen LogP) is 13.4. The summed E-state index contributed by atoms with van der Waals surface area (Å²) in [4.78, 5) is 2.41. The molecule has 0 spiro atoms. The van der Waals surface area contributed by atoms with Crippen molar-refractivity contribution in [2.75, 3.05) is 4.90 Å². The van der Waals surface area contributed by atoms with Gasteiger partial charge in [-0.3, -0.25) is 0 Å². The first kappa shape index (κ1) is 26.3. The topological polar surface area (TPSA) is 16.4 Å². The summed E-state index contributed by atoms with van der Waals surface area (Å²) in [5.41, 5.74) is 7.46. The fraction of sp³-hybridized carbons (Fsp3) is 0. The Labute approximate surface area is 275 Å². The van der Waals surface area contributed by atoms with Gasteiger partial charge in [0.15, 0.2) is 0 Å². The van der Waals surface area contributed by atoms with Crippen molar-refractivity contribution in [3.05, 3.63) is 164 Å². The number of hydrogen-bond acceptors (Lipinski definition) is 3. The second-order valence-corrected chi connectivity index (χ2v) is 13.2. The Morgan fingerprint density at radius 2 is 1.09 bits per heavy atom. The molecule has 0 aliphatic heterocycles. The van der Waals surface area contributed by atoms with E-state index in [2.05, 4.69) is 157 Å². The van der Waals surface area contributed by atoms with Gasteiger partial charge in [0.05, 0.1) is 5.69 Å². The molecule has 0 bridgehead atoms. The van der Waals surface area contributed by atoms with Crippen LogP contribution < -0.4 is 4.90 Å². The molecule has 2 aromatic heterocycles. The maximum Gasteiger partial charge on any atom is 0.135 e. The third-order valence-electron chi connectivity index (χ3n) is 9.43. The number of thiophene rings is 1. The molecule has 220 valence electrons. The highest BCUT2D eigenvalue weighted by molar-refractivity contribution is 7.26. The quantitative estimate of drug-likeness (QED) is 0.183. The first-order valence-electron chi connectivity index (χ1n) is 15.9. The van der Waals surface area contributed by atoms with E-state index >= 15 is 0 Å². The van der Waals surface area contributed by atoms with Gasteiger partial charge in [0, 0.05) is 47.9 Å². The Hall–Kier alpha value is -5.90. The molecule has 0 aliphatic carbocycles. The Morgan fingerprint density at radius 3 is 2.00 bits per heavy atom. The van der Waals surface area contributed by atoms with Crippen LogP contribution in [0.25, 0.3) is 74.8 Å². The van der Waals surface area contributed by atoms with Gasteiger partial charge in [-0.1, -0.05) is 109 Å². The molecule has 10 rings (SSSR count). The highest BCUT2D eigenvalue weighted by atomic mass is 32.1. The molecule has 3 heteroatoms. The maximum absolute atomic E-state index is 6.25. The van der Waals surface area contributed by atoms with Crippen LogP contribution in [0.5, 0.6) is 0 Å². The second-order valence-electron chi connectivity index (χ2n) is 12.1. The lowest BCUT2D eigenvalue weighted by Crippen LogP contribution is -2.11. The molecular weight excluding hydrogens is 591 g/mol. The second kappa shape index (κ2) is 10.3. The van der Waals surface area contributed by atoms with Gasteiger partial charge in [0.25, 0.3) is 0 Å². The van der Waals surface area contributed by atoms with Gasteiger partial charge in [0.2, 0.25) is 0 Å². The number of nitrogens with zero attached hydrogens (tertiary/aromatic N) is 1. The summed E-state index contributed by atoms with van der Waals surface area (Å²) in [7, 11) is 0. The molecule has 0 atom stereocenters. The van der Waals surface area contributed by atoms with Crippen molar-refractivity contribution < 1.29 is 4.42 Å². The minimum absolute atomic E-state index is 0.891. The number of para-hydroxylation sites is 2. The number of anilines is 3. The highest BCUT2D eigenvalue weighted by Crippen LogP contribution is 2.46. The zero-order valence-corrected chi connectivity index (χ0v) is 26.2. The van der Waals surface area contributed by atoms with E-state index in [1.54, 1.807) is 0 Å². The van der Waals surface area contributed by atoms with Gasteiger partial charge in [-0.25, -0.2) is 0 Å². The van der Waals surface area contributed by atoms with Gasteiger partial charge in [0.1, 0.15) is 11.2 Å². The lowest BCUT2D eigenvalue weighted by atomic mass is 9.96. The SMILES string of the molecule is c1ccc(-c2ccccc2N(c2ccc3oc4ccccc4c3c2)c2ccc3ccc4ccc5sc6ccccc6c5c4c3c2)cc1. The largest absolute Gasteiger partial charge is 0.456 e. The Kier molecular flexibility index (Phi) is 5.78. The van der Waals surface area contributed by atoms with E-state index in [1.807, 2.05) is 23.5 Å². The molecule has 47 heavy (non-hydrogen) atoms. The number of fused-ring (bicyclic) bond motifs is 10. The fourth-order valence-electron chi connectivity index (χ4n) is 7.30. The monoisotopic (exact) mass is 617 g/mol. The minimum atomic E-state index is 0.891. The molecule has 2 heterocycles. The van der Waals surface area contributed by atoms with Crippen LogP contribution in [0, 0.1) is 0 Å². The van der Waals surface area contributed by atoms with Crippen LogP contribution in [0.2, 0.25) is 0 Å². The molecule has 8 aromatic carbocycles. The Balaban J connectivity index is 1.29. The van der Waals surface area contributed by atoms with Crippen molar-refractivity contribution in [1.82, 2.24) is 0 Å². The zero-order chi connectivity index (χ0) is 30.9. The molecular formula is C44H27NOS. The van der Waals surface area contributed by atoms with Gasteiger partial charge >= 0.3 is 0 Å². The number of hydrogen-bond donors (Lipinski definition) is 0. The molecule has 0 amide bonds. The molecule has 0 radical (unpaired) electrons. The van der Waals surface area contributed by atoms with Crippen molar-refractivity contribution in [3.63, 3.8) is 0 Å². The van der Waals surface area contributed by atoms with Gasteiger partial charge in [-0.05, 0) is 81.7 Å². The van der Waals surface area contributed by atoms with Crippen molar-refractivity contribution >= 4 is 92.1 Å². The molecule has 0 aliphatic rings. The molecule has 10 aromatic rings. The average molecular weight is 618 g/mol. The van der Waals surface area contributed by atoms with Crippen LogP contribution in [-0.4, -0.2) is 0 Å². The molecule has 0 fully saturated rings. The lowest BCUT2D eigenvalue weighted by Gasteiger charge is -2.28. The fourth-order valence-corrected chi connectivity index (χ4v) is 8.41. The molecule has 0 N–H and O–H groups in total. The minimum Gasteiger partial charge on any atom is -0.456 e. The molecule has 2 nitrogen and oxygen atoms in total. The summed E-state index contributed by atoms with van der Waals surface area (Å²) in [6.07, 6.45) is 0. The predicted molar refractivity (Wildman–Crippen MR) is 202 cm³/mol. The third kappa shape index (κ3) is 4.10. The van der Waals surface area contributed by atoms with Crippen molar-refractivity contribution in [3.8, 4) is 11.1 Å². The highest BCUT2D eigenvalue weighted by Gasteiger charge is 2.20. The van der Waals surface area contributed by atoms with E-state index in [-0.39, 0.29) is 0 Å². The van der Waals surface area contributed by atoms with Crippen LogP contribution >= 0.6 is 11.3 Å². The molecule has 0 saturated heterocycles. The van der Waals surface area contributed by atoms with Crippen LogP contribution in [-0.2, 0) is 0 Å². The standard InChI is InChI=1S/C44H27NOS/c1-2-10-28(11-3-1)33-12-4-7-15-38(33)45(32-23-24-40-37(27-32)34-13-5-8-16-39(34)46-40)31-22-20-29-18-19-30-21-25-42-44(43(30)36(29)26-31)35-14-6-9-17-41(35)47-42/h1-27H. The van der Waals surface area contributed by atoms with Crippen molar-refractivity contribution in [2.45, 2.75) is 0 Å². The van der Waals surface area contributed by atoms with Gasteiger partial charge in [-0.2, -0.15) is 0 Å². The first-order chi connectivity index (χ1) is 23.3. The zero-order valence-electron chi connectivity index (χ0n) is 25.4. The van der Waals surface area contributed by atoms with E-state index in [0.29, 0.717) is 0 Å². The van der Waals surface area contributed by atoms with E-state index < -0.39 is 0 Å². The normalized spacial score (nSPS) is 11.8. The van der Waals surface area contributed by atoms with E-state index in [4.69, 9.17) is 4.42 Å². The van der Waals surface area contributed by atoms with E-state index in [9.17, 15) is 0 Å². The van der Waals surface area contributed by atoms with E-state index in [0.717, 1.165) is 39.0 Å². The summed E-state index contributed by atoms with van der Waals surface area (Å²) in [6, 6.07) is 59.1. The van der Waals surface area contributed by atoms with Crippen molar-refractivity contribution in [2.24, 2.45) is 0 Å². The van der Waals surface area contributed by atoms with Crippen LogP contribution in [0.1, 0.15) is 0 Å². The summed E-state index contributed by atoms with van der Waals surface area (Å²) < 4.78 is 8.89. The van der Waals surface area contributed by atoms with Crippen molar-refractivity contribution in [1.29, 1.82) is 0 Å². The number of rotatable bonds is 4. The van der Waals surface area contributed by atoms with Gasteiger partial charge < -0.3 is 9.32 Å². The molecule has 0 saturated carbocycles. The maximum atomic E-state index is 6.25. The summed E-state index contributed by atoms with van der Waals surface area (Å²) in [5, 5.41) is 9.95.